The molecule has 0 saturated carbocycles. The van der Waals surface area contributed by atoms with E-state index in [4.69, 9.17) is 11.5 Å². The highest BCUT2D eigenvalue weighted by Gasteiger charge is 2.16. The zero-order chi connectivity index (χ0) is 21.7. The van der Waals surface area contributed by atoms with Crippen molar-refractivity contribution in [3.8, 4) is 0 Å². The number of carbonyl (C=O) groups excluding carboxylic acids is 1. The summed E-state index contributed by atoms with van der Waals surface area (Å²) in [6, 6.07) is 7.25. The van der Waals surface area contributed by atoms with E-state index in [1.54, 1.807) is 6.92 Å². The Morgan fingerprint density at radius 2 is 1.80 bits per heavy atom. The molecule has 3 aromatic rings. The SMILES string of the molecule is Cc1nnc(NS(=O)(=O)c2ccc(NC(=O)CCSc3nc(N)cc(N)n3)cc2)s1. The van der Waals surface area contributed by atoms with E-state index in [0.29, 0.717) is 21.6 Å². The van der Waals surface area contributed by atoms with Gasteiger partial charge in [-0.05, 0) is 31.2 Å². The maximum Gasteiger partial charge on any atom is 0.263 e. The molecule has 0 aliphatic carbocycles. The maximum atomic E-state index is 12.4. The number of sulfonamides is 1. The van der Waals surface area contributed by atoms with Crippen molar-refractivity contribution in [1.29, 1.82) is 0 Å². The van der Waals surface area contributed by atoms with Gasteiger partial charge in [0.2, 0.25) is 11.0 Å². The van der Waals surface area contributed by atoms with Crippen LogP contribution in [-0.4, -0.2) is 40.2 Å². The Labute approximate surface area is 180 Å². The molecule has 158 valence electrons. The zero-order valence-electron chi connectivity index (χ0n) is 15.7. The fourth-order valence-electron chi connectivity index (χ4n) is 2.21. The molecule has 30 heavy (non-hydrogen) atoms. The number of hydrogen-bond acceptors (Lipinski definition) is 11. The van der Waals surface area contributed by atoms with Crippen LogP contribution in [0.2, 0.25) is 0 Å². The number of nitrogen functional groups attached to an aromatic ring is 2. The number of nitrogens with one attached hydrogen (secondary N) is 2. The molecule has 2 heterocycles. The fourth-order valence-corrected chi connectivity index (χ4v) is 4.85. The first-order valence-electron chi connectivity index (χ1n) is 8.47. The third-order valence-electron chi connectivity index (χ3n) is 3.50. The molecule has 1 amide bonds. The van der Waals surface area contributed by atoms with Gasteiger partial charge in [-0.25, -0.2) is 18.4 Å². The lowest BCUT2D eigenvalue weighted by Gasteiger charge is -2.08. The minimum absolute atomic E-state index is 0.0420. The molecule has 0 fully saturated rings. The summed E-state index contributed by atoms with van der Waals surface area (Å²) < 4.78 is 27.1. The Morgan fingerprint density at radius 1 is 1.13 bits per heavy atom. The molecule has 0 aliphatic heterocycles. The van der Waals surface area contributed by atoms with Gasteiger partial charge in [0.05, 0.1) is 4.90 Å². The first-order valence-corrected chi connectivity index (χ1v) is 11.8. The second-order valence-corrected chi connectivity index (χ2v) is 9.83. The molecule has 3 rings (SSSR count). The van der Waals surface area contributed by atoms with Crippen LogP contribution in [0, 0.1) is 6.92 Å². The van der Waals surface area contributed by atoms with E-state index in [1.165, 1.54) is 42.1 Å². The van der Waals surface area contributed by atoms with Crippen molar-refractivity contribution in [3.63, 3.8) is 0 Å². The van der Waals surface area contributed by atoms with Gasteiger partial charge in [-0.3, -0.25) is 9.52 Å². The third-order valence-corrected chi connectivity index (χ3v) is 6.59. The third kappa shape index (κ3) is 6.01. The quantitative estimate of drug-likeness (QED) is 0.282. The van der Waals surface area contributed by atoms with E-state index in [1.807, 2.05) is 0 Å². The van der Waals surface area contributed by atoms with E-state index < -0.39 is 10.0 Å². The number of anilines is 4. The molecule has 1 aromatic carbocycles. The van der Waals surface area contributed by atoms with Crippen LogP contribution in [0.25, 0.3) is 0 Å². The molecule has 0 aliphatic rings. The van der Waals surface area contributed by atoms with E-state index >= 15 is 0 Å². The second-order valence-electron chi connectivity index (χ2n) is 5.90. The number of rotatable bonds is 8. The summed E-state index contributed by atoms with van der Waals surface area (Å²) in [5, 5.41) is 11.4. The Bertz CT molecular complexity index is 1130. The second kappa shape index (κ2) is 9.23. The molecule has 2 aromatic heterocycles. The highest BCUT2D eigenvalue weighted by molar-refractivity contribution is 7.99. The lowest BCUT2D eigenvalue weighted by Crippen LogP contribution is -2.14. The van der Waals surface area contributed by atoms with Crippen LogP contribution >= 0.6 is 23.1 Å². The predicted octanol–water partition coefficient (Wildman–Crippen LogP) is 1.72. The van der Waals surface area contributed by atoms with Crippen LogP contribution in [0.5, 0.6) is 0 Å². The molecule has 6 N–H and O–H groups in total. The van der Waals surface area contributed by atoms with Gasteiger partial charge in [0, 0.05) is 23.9 Å². The predicted molar refractivity (Wildman–Crippen MR) is 117 cm³/mol. The standard InChI is InChI=1S/C16H18N8O3S3/c1-9-22-23-16(29-9)24-30(26,27)11-4-2-10(3-5-11)19-14(25)6-7-28-15-20-12(17)8-13(18)21-15/h2-5,8H,6-7H2,1H3,(H,19,25)(H,23,24)(H4,17,18,20,21). The van der Waals surface area contributed by atoms with Crippen LogP contribution in [0.3, 0.4) is 0 Å². The first kappa shape index (κ1) is 21.7. The number of nitrogens with zero attached hydrogens (tertiary/aromatic N) is 4. The topological polar surface area (TPSA) is 179 Å². The van der Waals surface area contributed by atoms with Crippen LogP contribution in [0.15, 0.2) is 40.4 Å². The summed E-state index contributed by atoms with van der Waals surface area (Å²) >= 11 is 2.39. The van der Waals surface area contributed by atoms with Gasteiger partial charge in [0.15, 0.2) is 5.16 Å². The first-order chi connectivity index (χ1) is 14.2. The highest BCUT2D eigenvalue weighted by atomic mass is 32.2. The Hall–Kier alpha value is -2.97. The number of benzene rings is 1. The number of aryl methyl sites for hydroxylation is 1. The van der Waals surface area contributed by atoms with Crippen molar-refractivity contribution in [3.05, 3.63) is 35.3 Å². The summed E-state index contributed by atoms with van der Waals surface area (Å²) in [6.45, 7) is 1.73. The monoisotopic (exact) mass is 466 g/mol. The van der Waals surface area contributed by atoms with E-state index in [0.717, 1.165) is 11.3 Å². The Balaban J connectivity index is 1.52. The lowest BCUT2D eigenvalue weighted by atomic mass is 10.3. The molecule has 0 spiro atoms. The Morgan fingerprint density at radius 3 is 2.40 bits per heavy atom. The van der Waals surface area contributed by atoms with Crippen LogP contribution < -0.4 is 21.5 Å². The molecule has 0 unspecified atom stereocenters. The van der Waals surface area contributed by atoms with Gasteiger partial charge in [-0.2, -0.15) is 0 Å². The minimum Gasteiger partial charge on any atom is -0.383 e. The van der Waals surface area contributed by atoms with Gasteiger partial charge in [0.25, 0.3) is 10.0 Å². The van der Waals surface area contributed by atoms with Crippen molar-refractivity contribution in [2.24, 2.45) is 0 Å². The van der Waals surface area contributed by atoms with Crippen molar-refractivity contribution in [1.82, 2.24) is 20.2 Å². The van der Waals surface area contributed by atoms with E-state index in [2.05, 4.69) is 30.2 Å². The minimum atomic E-state index is -3.79. The average Bonchev–Trinajstić information content (AvgIpc) is 3.05. The smallest absolute Gasteiger partial charge is 0.263 e. The van der Waals surface area contributed by atoms with Crippen molar-refractivity contribution in [2.75, 3.05) is 27.3 Å². The van der Waals surface area contributed by atoms with Crippen molar-refractivity contribution >= 4 is 61.5 Å². The summed E-state index contributed by atoms with van der Waals surface area (Å²) in [7, 11) is -3.79. The number of hydrogen-bond donors (Lipinski definition) is 4. The van der Waals surface area contributed by atoms with E-state index in [-0.39, 0.29) is 34.0 Å². The van der Waals surface area contributed by atoms with Crippen LogP contribution in [-0.2, 0) is 14.8 Å². The summed E-state index contributed by atoms with van der Waals surface area (Å²) in [6.07, 6.45) is 0.195. The molecule has 0 bridgehead atoms. The molecular weight excluding hydrogens is 448 g/mol. The summed E-state index contributed by atoms with van der Waals surface area (Å²) in [5.41, 5.74) is 11.7. The Kier molecular flexibility index (Phi) is 6.69. The number of aromatic nitrogens is 4. The van der Waals surface area contributed by atoms with Crippen LogP contribution in [0.4, 0.5) is 22.5 Å². The number of thioether (sulfide) groups is 1. The molecule has 11 nitrogen and oxygen atoms in total. The van der Waals surface area contributed by atoms with Gasteiger partial charge >= 0.3 is 0 Å². The van der Waals surface area contributed by atoms with Gasteiger partial charge in [0.1, 0.15) is 16.6 Å². The van der Waals surface area contributed by atoms with Gasteiger partial charge < -0.3 is 16.8 Å². The fraction of sp³-hybridized carbons (Fsp3) is 0.188. The molecule has 0 saturated heterocycles. The molecule has 14 heteroatoms. The summed E-state index contributed by atoms with van der Waals surface area (Å²) in [4.78, 5) is 20.2. The largest absolute Gasteiger partial charge is 0.383 e. The number of nitrogens with two attached hydrogens (primary N) is 2. The molecule has 0 atom stereocenters. The lowest BCUT2D eigenvalue weighted by molar-refractivity contribution is -0.115. The zero-order valence-corrected chi connectivity index (χ0v) is 18.1. The molecular formula is C16H18N8O3S3. The molecule has 0 radical (unpaired) electrons. The number of carbonyl (C=O) groups is 1. The summed E-state index contributed by atoms with van der Waals surface area (Å²) in [5.74, 6) is 0.713. The van der Waals surface area contributed by atoms with E-state index in [9.17, 15) is 13.2 Å². The number of amides is 1. The maximum absolute atomic E-state index is 12.4. The van der Waals surface area contributed by atoms with Gasteiger partial charge in [-0.1, -0.05) is 23.1 Å². The van der Waals surface area contributed by atoms with Crippen LogP contribution in [0.1, 0.15) is 11.4 Å². The average molecular weight is 467 g/mol. The highest BCUT2D eigenvalue weighted by Crippen LogP contribution is 2.21. The normalized spacial score (nSPS) is 11.2. The van der Waals surface area contributed by atoms with Crippen molar-refractivity contribution in [2.45, 2.75) is 23.4 Å². The van der Waals surface area contributed by atoms with Gasteiger partial charge in [-0.15, -0.1) is 10.2 Å². The van der Waals surface area contributed by atoms with Crippen molar-refractivity contribution < 1.29 is 13.2 Å².